The largest absolute Gasteiger partial charge is 0.488 e. The Morgan fingerprint density at radius 3 is 2.97 bits per heavy atom. The predicted octanol–water partition coefficient (Wildman–Crippen LogP) is 1.79. The van der Waals surface area contributed by atoms with Crippen molar-refractivity contribution in [2.24, 2.45) is 0 Å². The lowest BCUT2D eigenvalue weighted by molar-refractivity contribution is 0.000270. The summed E-state index contributed by atoms with van der Waals surface area (Å²) >= 11 is 0. The first-order valence-corrected chi connectivity index (χ1v) is 10.0. The van der Waals surface area contributed by atoms with Gasteiger partial charge in [0.15, 0.2) is 11.5 Å². The van der Waals surface area contributed by atoms with Gasteiger partial charge in [-0.1, -0.05) is 0 Å². The molecule has 5 heterocycles. The Labute approximate surface area is 182 Å². The van der Waals surface area contributed by atoms with Crippen molar-refractivity contribution < 1.29 is 9.47 Å². The van der Waals surface area contributed by atoms with Crippen LogP contribution in [-0.2, 0) is 4.74 Å². The number of rotatable bonds is 6. The summed E-state index contributed by atoms with van der Waals surface area (Å²) in [5.74, 6) is 1.59. The first-order valence-electron chi connectivity index (χ1n) is 10.0. The van der Waals surface area contributed by atoms with Crippen molar-refractivity contribution >= 4 is 22.7 Å². The molecule has 0 spiro atoms. The second kappa shape index (κ2) is 8.93. The van der Waals surface area contributed by atoms with Crippen LogP contribution in [0.15, 0.2) is 43.0 Å². The maximum Gasteiger partial charge on any atom is 0.158 e. The monoisotopic (exact) mass is 429 g/mol. The molecular weight excluding hydrogens is 410 g/mol. The molecular formula is C21H19N9O2. The van der Waals surface area contributed by atoms with Crippen LogP contribution in [0.25, 0.3) is 22.3 Å². The molecule has 0 radical (unpaired) electrons. The number of ether oxygens (including phenoxy) is 2. The first-order chi connectivity index (χ1) is 15.8. The molecule has 0 aliphatic carbocycles. The van der Waals surface area contributed by atoms with Gasteiger partial charge in [-0.05, 0) is 12.1 Å². The maximum absolute atomic E-state index is 8.86. The minimum atomic E-state index is -0.0371. The summed E-state index contributed by atoms with van der Waals surface area (Å²) in [6.45, 7) is 2.63. The van der Waals surface area contributed by atoms with Crippen molar-refractivity contribution in [2.75, 3.05) is 31.6 Å². The smallest absolute Gasteiger partial charge is 0.158 e. The molecule has 1 aliphatic rings. The Bertz CT molecular complexity index is 1260. The third kappa shape index (κ3) is 4.18. The van der Waals surface area contributed by atoms with E-state index >= 15 is 0 Å². The molecule has 160 valence electrons. The number of morpholine rings is 1. The molecule has 1 saturated heterocycles. The number of nitrogens with one attached hydrogen (secondary N) is 3. The third-order valence-corrected chi connectivity index (χ3v) is 4.89. The van der Waals surface area contributed by atoms with Crippen LogP contribution >= 0.6 is 0 Å². The van der Waals surface area contributed by atoms with E-state index in [1.165, 1.54) is 12.4 Å². The highest BCUT2D eigenvalue weighted by atomic mass is 16.5. The summed E-state index contributed by atoms with van der Waals surface area (Å²) in [4.78, 5) is 17.2. The molecule has 11 nitrogen and oxygen atoms in total. The van der Waals surface area contributed by atoms with Crippen LogP contribution in [0.5, 0.6) is 5.75 Å². The number of H-pyrrole nitrogens is 1. The van der Waals surface area contributed by atoms with Gasteiger partial charge in [-0.15, -0.1) is 0 Å². The summed E-state index contributed by atoms with van der Waals surface area (Å²) in [5, 5.41) is 22.6. The van der Waals surface area contributed by atoms with Crippen LogP contribution in [0.1, 0.15) is 5.69 Å². The average Bonchev–Trinajstić information content (AvgIpc) is 3.31. The summed E-state index contributed by atoms with van der Waals surface area (Å²) in [5.41, 5.74) is 3.14. The number of hydrogen-bond acceptors (Lipinski definition) is 10. The number of hydrogen-bond donors (Lipinski definition) is 3. The number of nitrogens with zero attached hydrogens (tertiary/aromatic N) is 6. The lowest BCUT2D eigenvalue weighted by Crippen LogP contribution is -2.41. The lowest BCUT2D eigenvalue weighted by Gasteiger charge is -2.24. The fourth-order valence-corrected chi connectivity index (χ4v) is 3.38. The second-order valence-corrected chi connectivity index (χ2v) is 7.07. The van der Waals surface area contributed by atoms with Gasteiger partial charge >= 0.3 is 0 Å². The molecule has 11 heteroatoms. The fraction of sp³-hybridized carbons (Fsp3) is 0.238. The van der Waals surface area contributed by atoms with Crippen molar-refractivity contribution in [3.8, 4) is 23.1 Å². The minimum absolute atomic E-state index is 0.0371. The molecule has 1 aliphatic heterocycles. The Morgan fingerprint density at radius 2 is 2.16 bits per heavy atom. The van der Waals surface area contributed by atoms with Crippen LogP contribution in [-0.4, -0.2) is 62.5 Å². The molecule has 0 aromatic carbocycles. The van der Waals surface area contributed by atoms with E-state index in [-0.39, 0.29) is 11.8 Å². The van der Waals surface area contributed by atoms with E-state index in [0.29, 0.717) is 41.8 Å². The molecule has 5 rings (SSSR count). The number of fused-ring (bicyclic) bond motifs is 1. The Morgan fingerprint density at radius 1 is 1.19 bits per heavy atom. The van der Waals surface area contributed by atoms with Gasteiger partial charge in [0.25, 0.3) is 0 Å². The van der Waals surface area contributed by atoms with Crippen molar-refractivity contribution in [1.29, 1.82) is 5.26 Å². The molecule has 4 aromatic heterocycles. The quantitative estimate of drug-likeness (QED) is 0.414. The van der Waals surface area contributed by atoms with Gasteiger partial charge in [0.05, 0.1) is 42.0 Å². The highest BCUT2D eigenvalue weighted by molar-refractivity contribution is 5.93. The zero-order chi connectivity index (χ0) is 21.8. The van der Waals surface area contributed by atoms with Crippen molar-refractivity contribution in [3.63, 3.8) is 0 Å². The molecule has 4 aromatic rings. The van der Waals surface area contributed by atoms with Crippen LogP contribution in [0, 0.1) is 11.3 Å². The van der Waals surface area contributed by atoms with Crippen molar-refractivity contribution in [3.05, 3.63) is 48.7 Å². The van der Waals surface area contributed by atoms with E-state index in [1.807, 2.05) is 24.3 Å². The van der Waals surface area contributed by atoms with E-state index in [2.05, 4.69) is 40.8 Å². The highest BCUT2D eigenvalue weighted by Gasteiger charge is 2.19. The van der Waals surface area contributed by atoms with E-state index in [1.54, 1.807) is 12.4 Å². The molecule has 0 unspecified atom stereocenters. The zero-order valence-corrected chi connectivity index (χ0v) is 16.9. The molecule has 1 atom stereocenters. The van der Waals surface area contributed by atoms with Gasteiger partial charge in [-0.25, -0.2) is 9.97 Å². The maximum atomic E-state index is 8.86. The zero-order valence-electron chi connectivity index (χ0n) is 16.9. The van der Waals surface area contributed by atoms with Crippen LogP contribution in [0.2, 0.25) is 0 Å². The van der Waals surface area contributed by atoms with Gasteiger partial charge in [0.2, 0.25) is 0 Å². The summed E-state index contributed by atoms with van der Waals surface area (Å²) in [6, 6.07) is 7.50. The first kappa shape index (κ1) is 19.8. The van der Waals surface area contributed by atoms with Gasteiger partial charge in [0, 0.05) is 25.4 Å². The van der Waals surface area contributed by atoms with Crippen molar-refractivity contribution in [1.82, 2.24) is 35.5 Å². The standard InChI is InChI=1S/C21H19N9O2/c22-7-13-8-27-19(11-25-13)28-18-6-16(29-30-18)20-17(32-12-14-9-23-4-5-31-14)10-26-15-2-1-3-24-21(15)20/h1-3,6,8,10-11,14,23H,4-5,9,12H2,(H2,27,28,29,30)/t14-/m0/s1. The molecule has 3 N–H and O–H groups in total. The van der Waals surface area contributed by atoms with Crippen molar-refractivity contribution in [2.45, 2.75) is 6.10 Å². The molecule has 0 amide bonds. The summed E-state index contributed by atoms with van der Waals surface area (Å²) in [7, 11) is 0. The predicted molar refractivity (Wildman–Crippen MR) is 115 cm³/mol. The molecule has 32 heavy (non-hydrogen) atoms. The third-order valence-electron chi connectivity index (χ3n) is 4.89. The van der Waals surface area contributed by atoms with Crippen LogP contribution in [0.4, 0.5) is 11.6 Å². The highest BCUT2D eigenvalue weighted by Crippen LogP contribution is 2.35. The van der Waals surface area contributed by atoms with Gasteiger partial charge in [-0.3, -0.25) is 15.1 Å². The normalized spacial score (nSPS) is 15.9. The summed E-state index contributed by atoms with van der Waals surface area (Å²) in [6.07, 6.45) is 6.24. The minimum Gasteiger partial charge on any atom is -0.488 e. The number of nitriles is 1. The second-order valence-electron chi connectivity index (χ2n) is 7.07. The van der Waals surface area contributed by atoms with E-state index < -0.39 is 0 Å². The number of pyridine rings is 2. The Kier molecular flexibility index (Phi) is 5.52. The van der Waals surface area contributed by atoms with Crippen LogP contribution < -0.4 is 15.4 Å². The Hall–Kier alpha value is -4.14. The Balaban J connectivity index is 1.44. The van der Waals surface area contributed by atoms with Crippen LogP contribution in [0.3, 0.4) is 0 Å². The molecule has 0 bridgehead atoms. The SMILES string of the molecule is N#Cc1cnc(Nc2cc(-c3c(OC[C@@H]4CNCCO4)cnc4cccnc34)[nH]n2)cn1. The average molecular weight is 429 g/mol. The summed E-state index contributed by atoms with van der Waals surface area (Å²) < 4.78 is 11.8. The molecule has 0 saturated carbocycles. The fourth-order valence-electron chi connectivity index (χ4n) is 3.38. The topological polar surface area (TPSA) is 147 Å². The number of aromatic nitrogens is 6. The lowest BCUT2D eigenvalue weighted by atomic mass is 10.1. The number of aromatic amines is 1. The van der Waals surface area contributed by atoms with Gasteiger partial charge < -0.3 is 20.1 Å². The van der Waals surface area contributed by atoms with E-state index in [9.17, 15) is 0 Å². The van der Waals surface area contributed by atoms with Gasteiger partial charge in [0.1, 0.15) is 35.9 Å². The van der Waals surface area contributed by atoms with E-state index in [0.717, 1.165) is 24.2 Å². The number of anilines is 2. The molecule has 1 fully saturated rings. The van der Waals surface area contributed by atoms with Gasteiger partial charge in [-0.2, -0.15) is 10.4 Å². The van der Waals surface area contributed by atoms with E-state index in [4.69, 9.17) is 14.7 Å².